The number of benzene rings is 2. The highest BCUT2D eigenvalue weighted by Gasteiger charge is 2.48. The molecule has 0 aromatic heterocycles. The third-order valence-corrected chi connectivity index (χ3v) is 4.79. The summed E-state index contributed by atoms with van der Waals surface area (Å²) in [5.74, 6) is -1.42. The summed E-state index contributed by atoms with van der Waals surface area (Å²) >= 11 is 0. The van der Waals surface area contributed by atoms with Crippen molar-refractivity contribution in [1.29, 1.82) is 0 Å². The zero-order valence-electron chi connectivity index (χ0n) is 14.9. The quantitative estimate of drug-likeness (QED) is 0.859. The maximum Gasteiger partial charge on any atom is 0.337 e. The fourth-order valence-corrected chi connectivity index (χ4v) is 3.59. The van der Waals surface area contributed by atoms with E-state index in [9.17, 15) is 14.7 Å². The molecule has 1 atom stereocenters. The second-order valence-electron chi connectivity index (χ2n) is 6.20. The van der Waals surface area contributed by atoms with Crippen molar-refractivity contribution in [3.05, 3.63) is 81.9 Å². The van der Waals surface area contributed by atoms with Crippen LogP contribution in [0.3, 0.4) is 0 Å². The predicted molar refractivity (Wildman–Crippen MR) is 95.4 cm³/mol. The van der Waals surface area contributed by atoms with E-state index in [4.69, 9.17) is 9.47 Å². The first-order valence-electron chi connectivity index (χ1n) is 8.22. The number of methoxy groups -OCH3 is 2. The lowest BCUT2D eigenvalue weighted by molar-refractivity contribution is -0.141. The van der Waals surface area contributed by atoms with Gasteiger partial charge in [-0.3, -0.25) is 0 Å². The molecule has 5 heteroatoms. The van der Waals surface area contributed by atoms with Crippen LogP contribution < -0.4 is 0 Å². The van der Waals surface area contributed by atoms with Crippen molar-refractivity contribution in [2.75, 3.05) is 14.2 Å². The van der Waals surface area contributed by atoms with Gasteiger partial charge in [-0.25, -0.2) is 9.59 Å². The Labute approximate surface area is 151 Å². The molecule has 0 saturated heterocycles. The minimum absolute atomic E-state index is 0.0974. The minimum atomic E-state index is -1.81. The number of ether oxygens (including phenoxy) is 2. The monoisotopic (exact) mass is 352 g/mol. The van der Waals surface area contributed by atoms with Gasteiger partial charge in [0.25, 0.3) is 0 Å². The van der Waals surface area contributed by atoms with Crippen molar-refractivity contribution in [3.8, 4) is 0 Å². The van der Waals surface area contributed by atoms with E-state index in [1.54, 1.807) is 24.3 Å². The van der Waals surface area contributed by atoms with Crippen molar-refractivity contribution in [3.63, 3.8) is 0 Å². The molecular weight excluding hydrogens is 332 g/mol. The Morgan fingerprint density at radius 1 is 0.923 bits per heavy atom. The fraction of sp³-hybridized carbons (Fsp3) is 0.238. The summed E-state index contributed by atoms with van der Waals surface area (Å²) in [5.41, 5.74) is 0.820. The molecule has 2 aromatic carbocycles. The Balaban J connectivity index is 2.43. The molecule has 1 unspecified atom stereocenters. The van der Waals surface area contributed by atoms with Crippen LogP contribution in [0.2, 0.25) is 0 Å². The van der Waals surface area contributed by atoms with Crippen LogP contribution >= 0.6 is 0 Å². The number of fused-ring (bicyclic) bond motifs is 1. The highest BCUT2D eigenvalue weighted by molar-refractivity contribution is 6.04. The number of hydrogen-bond donors (Lipinski definition) is 1. The molecule has 0 aliphatic heterocycles. The van der Waals surface area contributed by atoms with E-state index in [2.05, 4.69) is 0 Å². The first-order chi connectivity index (χ1) is 12.4. The van der Waals surface area contributed by atoms with Crippen molar-refractivity contribution >= 4 is 11.9 Å². The number of esters is 2. The Morgan fingerprint density at radius 2 is 1.50 bits per heavy atom. The largest absolute Gasteiger partial charge is 0.466 e. The number of rotatable bonds is 3. The molecule has 0 spiro atoms. The SMILES string of the molecule is COC(=O)C1=C(C(=O)OC)C(O)(c2ccccc2C)c2ccccc2C1. The number of carbonyl (C=O) groups is 2. The number of carbonyl (C=O) groups excluding carboxylic acids is 2. The lowest BCUT2D eigenvalue weighted by Crippen LogP contribution is -2.41. The van der Waals surface area contributed by atoms with Crippen LogP contribution in [-0.4, -0.2) is 31.3 Å². The van der Waals surface area contributed by atoms with E-state index in [1.807, 2.05) is 31.2 Å². The van der Waals surface area contributed by atoms with Crippen LogP contribution in [0.5, 0.6) is 0 Å². The van der Waals surface area contributed by atoms with Gasteiger partial charge >= 0.3 is 11.9 Å². The normalized spacial score (nSPS) is 18.9. The smallest absolute Gasteiger partial charge is 0.337 e. The number of hydrogen-bond acceptors (Lipinski definition) is 5. The molecule has 0 bridgehead atoms. The minimum Gasteiger partial charge on any atom is -0.466 e. The zero-order chi connectivity index (χ0) is 18.9. The summed E-state index contributed by atoms with van der Waals surface area (Å²) < 4.78 is 9.80. The topological polar surface area (TPSA) is 72.8 Å². The maximum absolute atomic E-state index is 12.7. The van der Waals surface area contributed by atoms with Crippen LogP contribution in [0.1, 0.15) is 22.3 Å². The summed E-state index contributed by atoms with van der Waals surface area (Å²) in [5, 5.41) is 11.9. The first-order valence-corrected chi connectivity index (χ1v) is 8.22. The molecule has 1 aliphatic carbocycles. The van der Waals surface area contributed by atoms with Crippen molar-refractivity contribution in [2.24, 2.45) is 0 Å². The van der Waals surface area contributed by atoms with Crippen molar-refractivity contribution in [2.45, 2.75) is 18.9 Å². The molecule has 0 saturated carbocycles. The van der Waals surface area contributed by atoms with Crippen LogP contribution in [-0.2, 0) is 31.1 Å². The molecule has 5 nitrogen and oxygen atoms in total. The van der Waals surface area contributed by atoms with Gasteiger partial charge in [-0.15, -0.1) is 0 Å². The molecule has 134 valence electrons. The molecule has 3 rings (SSSR count). The van der Waals surface area contributed by atoms with E-state index < -0.39 is 17.5 Å². The van der Waals surface area contributed by atoms with Gasteiger partial charge in [0.05, 0.1) is 25.4 Å². The molecule has 26 heavy (non-hydrogen) atoms. The summed E-state index contributed by atoms with van der Waals surface area (Å²) in [6.07, 6.45) is 0.182. The van der Waals surface area contributed by atoms with Gasteiger partial charge in [-0.05, 0) is 29.2 Å². The molecule has 2 aromatic rings. The van der Waals surface area contributed by atoms with Gasteiger partial charge in [0.2, 0.25) is 0 Å². The third kappa shape index (κ3) is 2.61. The van der Waals surface area contributed by atoms with Gasteiger partial charge in [0.15, 0.2) is 0 Å². The first kappa shape index (κ1) is 17.9. The summed E-state index contributed by atoms with van der Waals surface area (Å²) in [7, 11) is 2.47. The van der Waals surface area contributed by atoms with Crippen LogP contribution in [0.25, 0.3) is 0 Å². The molecule has 0 heterocycles. The van der Waals surface area contributed by atoms with Gasteiger partial charge < -0.3 is 14.6 Å². The molecule has 0 radical (unpaired) electrons. The Hall–Kier alpha value is -2.92. The third-order valence-electron chi connectivity index (χ3n) is 4.79. The number of aryl methyl sites for hydroxylation is 1. The van der Waals surface area contributed by atoms with Gasteiger partial charge in [-0.1, -0.05) is 48.5 Å². The second kappa shape index (κ2) is 6.77. The van der Waals surface area contributed by atoms with Crippen LogP contribution in [0.15, 0.2) is 59.7 Å². The molecular formula is C21H20O5. The average molecular weight is 352 g/mol. The molecule has 0 amide bonds. The van der Waals surface area contributed by atoms with Gasteiger partial charge in [0.1, 0.15) is 5.60 Å². The Kier molecular flexibility index (Phi) is 4.66. The van der Waals surface area contributed by atoms with E-state index in [0.29, 0.717) is 11.1 Å². The van der Waals surface area contributed by atoms with Crippen LogP contribution in [0.4, 0.5) is 0 Å². The van der Waals surface area contributed by atoms with Gasteiger partial charge in [-0.2, -0.15) is 0 Å². The number of aliphatic hydroxyl groups is 1. The molecule has 0 fully saturated rings. The summed E-state index contributed by atoms with van der Waals surface area (Å²) in [4.78, 5) is 25.1. The standard InChI is InChI=1S/C21H20O5/c1-13-8-4-6-10-16(13)21(24)17-11-7-5-9-14(17)12-15(19(22)25-2)18(21)20(23)26-3/h4-11,24H,12H2,1-3H3. The lowest BCUT2D eigenvalue weighted by Gasteiger charge is -2.37. The lowest BCUT2D eigenvalue weighted by atomic mass is 9.70. The van der Waals surface area contributed by atoms with E-state index >= 15 is 0 Å². The maximum atomic E-state index is 12.7. The van der Waals surface area contributed by atoms with Crippen molar-refractivity contribution in [1.82, 2.24) is 0 Å². The second-order valence-corrected chi connectivity index (χ2v) is 6.20. The zero-order valence-corrected chi connectivity index (χ0v) is 14.9. The molecule has 1 aliphatic rings. The van der Waals surface area contributed by atoms with Crippen molar-refractivity contribution < 1.29 is 24.2 Å². The van der Waals surface area contributed by atoms with E-state index in [1.165, 1.54) is 14.2 Å². The van der Waals surface area contributed by atoms with Gasteiger partial charge in [0, 0.05) is 6.42 Å². The highest BCUT2D eigenvalue weighted by atomic mass is 16.5. The Morgan fingerprint density at radius 3 is 2.12 bits per heavy atom. The average Bonchev–Trinajstić information content (AvgIpc) is 2.67. The van der Waals surface area contributed by atoms with E-state index in [-0.39, 0.29) is 17.6 Å². The predicted octanol–water partition coefficient (Wildman–Crippen LogP) is 2.43. The Bertz CT molecular complexity index is 912. The molecule has 1 N–H and O–H groups in total. The fourth-order valence-electron chi connectivity index (χ4n) is 3.59. The summed E-state index contributed by atoms with van der Waals surface area (Å²) in [6.45, 7) is 1.84. The van der Waals surface area contributed by atoms with E-state index in [0.717, 1.165) is 11.1 Å². The highest BCUT2D eigenvalue weighted by Crippen LogP contribution is 2.45. The summed E-state index contributed by atoms with van der Waals surface area (Å²) in [6, 6.07) is 14.4. The van der Waals surface area contributed by atoms with Crippen LogP contribution in [0, 0.1) is 6.92 Å².